The highest BCUT2D eigenvalue weighted by Gasteiger charge is 1.85. The Labute approximate surface area is 106 Å². The third-order valence-electron chi connectivity index (χ3n) is 1.57. The Morgan fingerprint density at radius 3 is 1.18 bits per heavy atom. The van der Waals surface area contributed by atoms with Crippen molar-refractivity contribution < 1.29 is 9.59 Å². The van der Waals surface area contributed by atoms with Crippen molar-refractivity contribution in [3.63, 3.8) is 0 Å². The lowest BCUT2D eigenvalue weighted by Crippen LogP contribution is -1.81. The second-order valence-electron chi connectivity index (χ2n) is 3.74. The maximum atomic E-state index is 8.35. The van der Waals surface area contributed by atoms with Crippen LogP contribution in [0.1, 0.15) is 66.7 Å². The number of carbonyl (C=O) groups excluding carboxylic acids is 2. The van der Waals surface area contributed by atoms with Gasteiger partial charge >= 0.3 is 0 Å². The minimum atomic E-state index is 0.750. The third-order valence-corrected chi connectivity index (χ3v) is 1.57. The van der Waals surface area contributed by atoms with E-state index in [-0.39, 0.29) is 0 Å². The van der Waals surface area contributed by atoms with Crippen LogP contribution in [0.15, 0.2) is 0 Å². The van der Waals surface area contributed by atoms with Gasteiger partial charge in [0, 0.05) is 0 Å². The molecule has 17 heavy (non-hydrogen) atoms. The van der Waals surface area contributed by atoms with E-state index in [1.807, 2.05) is 0 Å². The Kier molecular flexibility index (Phi) is 53.2. The highest BCUT2D eigenvalue weighted by Crippen LogP contribution is 2.00. The van der Waals surface area contributed by atoms with E-state index in [4.69, 9.17) is 20.4 Å². The summed E-state index contributed by atoms with van der Waals surface area (Å²) in [7, 11) is 0. The summed E-state index contributed by atoms with van der Waals surface area (Å²) < 4.78 is 0. The molecule has 0 rings (SSSR count). The summed E-state index contributed by atoms with van der Waals surface area (Å²) in [5.74, 6) is 0.898. The fourth-order valence-corrected chi connectivity index (χ4v) is 0.931. The van der Waals surface area contributed by atoms with Crippen LogP contribution < -0.4 is 0 Å². The van der Waals surface area contributed by atoms with Crippen molar-refractivity contribution in [1.29, 1.82) is 10.8 Å². The van der Waals surface area contributed by atoms with E-state index in [0.29, 0.717) is 0 Å². The predicted octanol–water partition coefficient (Wildman–Crippen LogP) is 4.44. The average molecular weight is 244 g/mol. The molecule has 0 aliphatic carbocycles. The number of hydrogen-bond acceptors (Lipinski definition) is 4. The molecule has 2 N–H and O–H groups in total. The van der Waals surface area contributed by atoms with Gasteiger partial charge in [0.2, 0.25) is 12.2 Å². The quantitative estimate of drug-likeness (QED) is 0.566. The Morgan fingerprint density at radius 1 is 0.882 bits per heavy atom. The normalized spacial score (nSPS) is 6.94. The lowest BCUT2D eigenvalue weighted by atomic mass is 10.1. The smallest absolute Gasteiger partial charge is 0.222 e. The lowest BCUT2D eigenvalue weighted by Gasteiger charge is -1.95. The molecule has 0 heterocycles. The molecule has 4 nitrogen and oxygen atoms in total. The SMILES string of the molecule is CCCC(C)C.CCCCC.N=C=O.N=C=O. The number of unbranched alkanes of at least 4 members (excludes halogenated alkanes) is 2. The van der Waals surface area contributed by atoms with Crippen LogP contribution in [-0.2, 0) is 9.59 Å². The van der Waals surface area contributed by atoms with Gasteiger partial charge in [-0.15, -0.1) is 0 Å². The molecule has 4 heteroatoms. The number of hydrogen-bond donors (Lipinski definition) is 2. The molecule has 0 spiro atoms. The second kappa shape index (κ2) is 36.4. The van der Waals surface area contributed by atoms with E-state index in [9.17, 15) is 0 Å². The van der Waals surface area contributed by atoms with Gasteiger partial charge in [0.25, 0.3) is 0 Å². The van der Waals surface area contributed by atoms with Gasteiger partial charge in [-0.05, 0) is 5.92 Å². The first-order valence-electron chi connectivity index (χ1n) is 6.09. The van der Waals surface area contributed by atoms with Crippen LogP contribution >= 0.6 is 0 Å². The van der Waals surface area contributed by atoms with E-state index < -0.39 is 0 Å². The fraction of sp³-hybridized carbons (Fsp3) is 0.846. The second-order valence-corrected chi connectivity index (χ2v) is 3.74. The summed E-state index contributed by atoms with van der Waals surface area (Å²) in [6.45, 7) is 11.2. The van der Waals surface area contributed by atoms with Crippen LogP contribution in [0.3, 0.4) is 0 Å². The first-order chi connectivity index (χ1) is 8.01. The molecule has 0 aliphatic rings. The molecule has 0 aromatic rings. The zero-order valence-electron chi connectivity index (χ0n) is 11.9. The van der Waals surface area contributed by atoms with E-state index in [2.05, 4.69) is 34.6 Å². The summed E-state index contributed by atoms with van der Waals surface area (Å²) in [5.41, 5.74) is 0. The van der Waals surface area contributed by atoms with Gasteiger partial charge in [-0.3, -0.25) is 0 Å². The van der Waals surface area contributed by atoms with Crippen molar-refractivity contribution in [3.8, 4) is 0 Å². The molecule has 0 atom stereocenters. The van der Waals surface area contributed by atoms with Crippen LogP contribution in [0, 0.1) is 16.7 Å². The average Bonchev–Trinajstić information content (AvgIpc) is 2.21. The first-order valence-corrected chi connectivity index (χ1v) is 6.09. The van der Waals surface area contributed by atoms with Gasteiger partial charge in [-0.25, -0.2) is 20.4 Å². The molecule has 0 amide bonds. The summed E-state index contributed by atoms with van der Waals surface area (Å²) in [4.78, 5) is 16.7. The molecule has 0 unspecified atom stereocenters. The van der Waals surface area contributed by atoms with Gasteiger partial charge in [0.05, 0.1) is 0 Å². The molecule has 0 aromatic heterocycles. The molecule has 0 aromatic carbocycles. The molecule has 0 radical (unpaired) electrons. The number of isocyanates is 2. The summed E-state index contributed by atoms with van der Waals surface area (Å²) in [6, 6.07) is 0. The van der Waals surface area contributed by atoms with Crippen LogP contribution in [-0.4, -0.2) is 12.2 Å². The minimum absolute atomic E-state index is 0.750. The van der Waals surface area contributed by atoms with Crippen LogP contribution in [0.4, 0.5) is 0 Å². The molecule has 0 saturated heterocycles. The number of nitrogens with one attached hydrogen (secondary N) is 2. The topological polar surface area (TPSA) is 81.8 Å². The molecule has 0 bridgehead atoms. The summed E-state index contributed by atoms with van der Waals surface area (Å²) in [6.07, 6.45) is 8.28. The highest BCUT2D eigenvalue weighted by molar-refractivity contribution is 5.26. The molecular weight excluding hydrogens is 216 g/mol. The van der Waals surface area contributed by atoms with Gasteiger partial charge in [0.1, 0.15) is 0 Å². The third kappa shape index (κ3) is 170. The Bertz CT molecular complexity index is 154. The van der Waals surface area contributed by atoms with Gasteiger partial charge in [-0.2, -0.15) is 0 Å². The van der Waals surface area contributed by atoms with Gasteiger partial charge in [0.15, 0.2) is 0 Å². The largest absolute Gasteiger partial charge is 0.231 e. The van der Waals surface area contributed by atoms with E-state index >= 15 is 0 Å². The molecule has 0 aliphatic heterocycles. The zero-order chi connectivity index (χ0) is 14.5. The van der Waals surface area contributed by atoms with Crippen LogP contribution in [0.5, 0.6) is 0 Å². The van der Waals surface area contributed by atoms with Crippen molar-refractivity contribution in [2.24, 2.45) is 5.92 Å². The Balaban J connectivity index is -0.0000000698. The highest BCUT2D eigenvalue weighted by atomic mass is 16.1. The predicted molar refractivity (Wildman–Crippen MR) is 71.8 cm³/mol. The first kappa shape index (κ1) is 24.8. The zero-order valence-corrected chi connectivity index (χ0v) is 11.9. The van der Waals surface area contributed by atoms with Crippen molar-refractivity contribution in [2.45, 2.75) is 66.7 Å². The van der Waals surface area contributed by atoms with E-state index in [1.165, 1.54) is 32.1 Å². The minimum Gasteiger partial charge on any atom is -0.222 e. The van der Waals surface area contributed by atoms with Crippen LogP contribution in [0.25, 0.3) is 0 Å². The Hall–Kier alpha value is -1.24. The van der Waals surface area contributed by atoms with Crippen molar-refractivity contribution in [3.05, 3.63) is 0 Å². The molecule has 0 saturated carbocycles. The Morgan fingerprint density at radius 2 is 1.18 bits per heavy atom. The molecule has 102 valence electrons. The summed E-state index contributed by atoms with van der Waals surface area (Å²) in [5, 5.41) is 10.8. The van der Waals surface area contributed by atoms with Crippen molar-refractivity contribution in [2.75, 3.05) is 0 Å². The van der Waals surface area contributed by atoms with Crippen LogP contribution in [0.2, 0.25) is 0 Å². The van der Waals surface area contributed by atoms with E-state index in [0.717, 1.165) is 18.1 Å². The molecular formula is C13H28N2O2. The van der Waals surface area contributed by atoms with Gasteiger partial charge < -0.3 is 0 Å². The monoisotopic (exact) mass is 244 g/mol. The number of rotatable bonds is 4. The van der Waals surface area contributed by atoms with E-state index in [1.54, 1.807) is 0 Å². The van der Waals surface area contributed by atoms with Crippen molar-refractivity contribution in [1.82, 2.24) is 0 Å². The molecule has 0 fully saturated rings. The standard InChI is InChI=1S/C6H14.C5H12.2CHNO/c1-4-5-6(2)3;1-3-5-4-2;2*2-1-3/h6H,4-5H2,1-3H3;3-5H2,1-2H3;2*2H. The fourth-order valence-electron chi connectivity index (χ4n) is 0.931. The maximum Gasteiger partial charge on any atom is 0.231 e. The van der Waals surface area contributed by atoms with Gasteiger partial charge in [-0.1, -0.05) is 66.7 Å². The summed E-state index contributed by atoms with van der Waals surface area (Å²) >= 11 is 0. The maximum absolute atomic E-state index is 8.35. The van der Waals surface area contributed by atoms with Crippen molar-refractivity contribution >= 4 is 12.2 Å². The lowest BCUT2D eigenvalue weighted by molar-refractivity contribution is 0.562.